The van der Waals surface area contributed by atoms with Crippen LogP contribution in [0.2, 0.25) is 0 Å². The van der Waals surface area contributed by atoms with E-state index in [1.165, 1.54) is 0 Å². The van der Waals surface area contributed by atoms with E-state index < -0.39 is 0 Å². The van der Waals surface area contributed by atoms with Gasteiger partial charge in [-0.1, -0.05) is 27.7 Å². The summed E-state index contributed by atoms with van der Waals surface area (Å²) >= 11 is 0. The third kappa shape index (κ3) is 33.6. The quantitative estimate of drug-likeness (QED) is 0.381. The predicted octanol–water partition coefficient (Wildman–Crippen LogP) is 2.86. The van der Waals surface area contributed by atoms with E-state index in [9.17, 15) is 0 Å². The molecule has 0 saturated carbocycles. The van der Waals surface area contributed by atoms with Crippen molar-refractivity contribution in [3.05, 3.63) is 0 Å². The first-order chi connectivity index (χ1) is 9.54. The molecule has 0 saturated heterocycles. The number of aliphatic hydroxyl groups is 2. The summed E-state index contributed by atoms with van der Waals surface area (Å²) in [5, 5.41) is 16.8. The van der Waals surface area contributed by atoms with Crippen molar-refractivity contribution < 1.29 is 50.8 Å². The van der Waals surface area contributed by atoms with Gasteiger partial charge in [-0.2, -0.15) is 0 Å². The molecule has 0 radical (unpaired) electrons. The topological polar surface area (TPSA) is 58.9 Å². The molecule has 0 aliphatic heterocycles. The molecule has 128 valence electrons. The molecule has 0 aliphatic rings. The summed E-state index contributed by atoms with van der Waals surface area (Å²) in [4.78, 5) is 0. The van der Waals surface area contributed by atoms with Crippen LogP contribution in [0, 0.1) is 42.9 Å². The van der Waals surface area contributed by atoms with E-state index in [1.807, 2.05) is 0 Å². The molecule has 0 unspecified atom stereocenters. The summed E-state index contributed by atoms with van der Waals surface area (Å²) in [7, 11) is 0. The van der Waals surface area contributed by atoms with Gasteiger partial charge in [-0.15, -0.1) is 0 Å². The summed E-state index contributed by atoms with van der Waals surface area (Å²) in [5.41, 5.74) is 0. The zero-order chi connectivity index (χ0) is 15.6. The Morgan fingerprint density at radius 3 is 1.24 bits per heavy atom. The third-order valence-electron chi connectivity index (χ3n) is 2.30. The third-order valence-corrected chi connectivity index (χ3v) is 2.30. The molecule has 0 aliphatic carbocycles. The van der Waals surface area contributed by atoms with Crippen molar-refractivity contribution in [1.82, 2.24) is 0 Å². The van der Waals surface area contributed by atoms with Crippen molar-refractivity contribution in [3.63, 3.8) is 0 Å². The molecule has 4 nitrogen and oxygen atoms in total. The van der Waals surface area contributed by atoms with Crippen LogP contribution in [0.5, 0.6) is 0 Å². The fourth-order valence-electron chi connectivity index (χ4n) is 1.27. The molecule has 21 heavy (non-hydrogen) atoms. The van der Waals surface area contributed by atoms with Crippen molar-refractivity contribution in [2.24, 2.45) is 11.8 Å². The smallest absolute Gasteiger partial charge is 0.0488 e. The molecule has 2 N–H and O–H groups in total. The van der Waals surface area contributed by atoms with E-state index >= 15 is 0 Å². The van der Waals surface area contributed by atoms with Crippen LogP contribution in [0.15, 0.2) is 0 Å². The fourth-order valence-corrected chi connectivity index (χ4v) is 1.27. The Morgan fingerprint density at radius 1 is 0.667 bits per heavy atom. The number of ether oxygens (including phenoxy) is 2. The second kappa shape index (κ2) is 23.2. The fraction of sp³-hybridized carbons (Fsp3) is 1.00. The van der Waals surface area contributed by atoms with Crippen LogP contribution in [-0.2, 0) is 9.47 Å². The van der Waals surface area contributed by atoms with Gasteiger partial charge in [0, 0.05) is 70.8 Å². The monoisotopic (exact) mass is 530 g/mol. The van der Waals surface area contributed by atoms with Crippen LogP contribution in [0.3, 0.4) is 0 Å². The van der Waals surface area contributed by atoms with Crippen molar-refractivity contribution in [2.45, 2.75) is 53.4 Å². The van der Waals surface area contributed by atoms with Gasteiger partial charge < -0.3 is 19.7 Å². The van der Waals surface area contributed by atoms with E-state index in [-0.39, 0.29) is 44.3 Å². The van der Waals surface area contributed by atoms with Gasteiger partial charge in [-0.3, -0.25) is 0 Å². The van der Waals surface area contributed by atoms with Gasteiger partial charge in [0.2, 0.25) is 0 Å². The van der Waals surface area contributed by atoms with Crippen molar-refractivity contribution in [3.8, 4) is 0 Å². The molecular formula is C16H36O4U. The molecule has 0 rings (SSSR count). The predicted molar refractivity (Wildman–Crippen MR) is 84.0 cm³/mol. The molecule has 0 aromatic carbocycles. The van der Waals surface area contributed by atoms with Gasteiger partial charge in [0.15, 0.2) is 0 Å². The number of aliphatic hydroxyl groups excluding tert-OH is 2. The van der Waals surface area contributed by atoms with Crippen molar-refractivity contribution in [1.29, 1.82) is 0 Å². The van der Waals surface area contributed by atoms with E-state index in [4.69, 9.17) is 19.7 Å². The summed E-state index contributed by atoms with van der Waals surface area (Å²) in [6, 6.07) is 0. The van der Waals surface area contributed by atoms with Crippen molar-refractivity contribution >= 4 is 0 Å². The van der Waals surface area contributed by atoms with Crippen LogP contribution in [0.1, 0.15) is 53.4 Å². The molecule has 0 atom stereocenters. The SMILES string of the molecule is CC(C)COCCCCO.CC(C)COCCCCO.[U]. The number of hydrogen-bond donors (Lipinski definition) is 2. The zero-order valence-electron chi connectivity index (χ0n) is 14.4. The number of rotatable bonds is 12. The van der Waals surface area contributed by atoms with Gasteiger partial charge in [0.05, 0.1) is 0 Å². The molecule has 0 heterocycles. The number of unbranched alkanes of at least 4 members (excludes halogenated alkanes) is 2. The molecule has 0 spiro atoms. The number of hydrogen-bond acceptors (Lipinski definition) is 4. The summed E-state index contributed by atoms with van der Waals surface area (Å²) in [6.07, 6.45) is 3.67. The summed E-state index contributed by atoms with van der Waals surface area (Å²) in [6.45, 7) is 12.3. The van der Waals surface area contributed by atoms with E-state index in [1.54, 1.807) is 0 Å². The maximum absolute atomic E-state index is 8.42. The van der Waals surface area contributed by atoms with E-state index in [0.29, 0.717) is 11.8 Å². The largest absolute Gasteiger partial charge is 0.396 e. The molecule has 0 bridgehead atoms. The molecule has 0 aromatic heterocycles. The normalized spacial score (nSPS) is 10.3. The van der Waals surface area contributed by atoms with Gasteiger partial charge >= 0.3 is 0 Å². The Kier molecular flexibility index (Phi) is 29.5. The van der Waals surface area contributed by atoms with Crippen LogP contribution in [-0.4, -0.2) is 49.9 Å². The minimum Gasteiger partial charge on any atom is -0.396 e. The Morgan fingerprint density at radius 2 is 1.00 bits per heavy atom. The van der Waals surface area contributed by atoms with Crippen LogP contribution in [0.4, 0.5) is 0 Å². The zero-order valence-corrected chi connectivity index (χ0v) is 18.6. The van der Waals surface area contributed by atoms with Gasteiger partial charge in [-0.25, -0.2) is 0 Å². The maximum atomic E-state index is 8.42. The average Bonchev–Trinajstić information content (AvgIpc) is 2.38. The first kappa shape index (κ1) is 26.8. The molecule has 0 fully saturated rings. The maximum Gasteiger partial charge on any atom is 0.0488 e. The van der Waals surface area contributed by atoms with E-state index in [2.05, 4.69) is 27.7 Å². The second-order valence-corrected chi connectivity index (χ2v) is 5.80. The molecule has 0 amide bonds. The summed E-state index contributed by atoms with van der Waals surface area (Å²) < 4.78 is 10.6. The molecule has 0 aromatic rings. The van der Waals surface area contributed by atoms with Crippen LogP contribution < -0.4 is 0 Å². The molecule has 5 heteroatoms. The first-order valence-corrected chi connectivity index (χ1v) is 7.91. The minimum absolute atomic E-state index is 0. The Balaban J connectivity index is -0.000000295. The van der Waals surface area contributed by atoms with Gasteiger partial charge in [0.1, 0.15) is 0 Å². The van der Waals surface area contributed by atoms with Gasteiger partial charge in [0.25, 0.3) is 0 Å². The minimum atomic E-state index is 0. The van der Waals surface area contributed by atoms with Crippen molar-refractivity contribution in [2.75, 3.05) is 39.6 Å². The molecular weight excluding hydrogens is 494 g/mol. The summed E-state index contributed by atoms with van der Waals surface area (Å²) in [5.74, 6) is 1.24. The average molecular weight is 530 g/mol. The Hall–Kier alpha value is 0.892. The Bertz CT molecular complexity index is 148. The Labute approximate surface area is 155 Å². The van der Waals surface area contributed by atoms with E-state index in [0.717, 1.165) is 52.1 Å². The first-order valence-electron chi connectivity index (χ1n) is 7.91. The van der Waals surface area contributed by atoms with Crippen LogP contribution in [0.25, 0.3) is 0 Å². The van der Waals surface area contributed by atoms with Crippen LogP contribution >= 0.6 is 0 Å². The second-order valence-electron chi connectivity index (χ2n) is 5.80. The van der Waals surface area contributed by atoms with Gasteiger partial charge in [-0.05, 0) is 37.5 Å². The standard InChI is InChI=1S/2C8H18O2.U/c2*1-8(2)7-10-6-4-3-5-9;/h2*8-9H,3-7H2,1-2H3;.